The Labute approximate surface area is 126 Å². The lowest BCUT2D eigenvalue weighted by Gasteiger charge is -1.94. The molecule has 0 saturated heterocycles. The Balaban J connectivity index is 1.72. The number of rotatable bonds is 3. The molecule has 3 rings (SSSR count). The molecule has 0 radical (unpaired) electrons. The number of thiazole rings is 1. The number of aromatic nitrogens is 1. The SMILES string of the molecule is Cc1ccc2nc(NC(=O)C=Cc3ccc(C)o3)sc2c1. The molecule has 0 aliphatic heterocycles. The van der Waals surface area contributed by atoms with Crippen LogP contribution in [0.4, 0.5) is 5.13 Å². The number of aryl methyl sites for hydroxylation is 2. The minimum Gasteiger partial charge on any atom is -0.462 e. The van der Waals surface area contributed by atoms with Crippen molar-refractivity contribution in [2.45, 2.75) is 13.8 Å². The summed E-state index contributed by atoms with van der Waals surface area (Å²) in [4.78, 5) is 16.2. The molecule has 0 atom stereocenters. The molecule has 0 unspecified atom stereocenters. The Hall–Kier alpha value is -2.40. The van der Waals surface area contributed by atoms with E-state index in [0.29, 0.717) is 10.9 Å². The Morgan fingerprint density at radius 1 is 1.29 bits per heavy atom. The number of fused-ring (bicyclic) bond motifs is 1. The molecule has 0 fully saturated rings. The van der Waals surface area contributed by atoms with Gasteiger partial charge in [0.25, 0.3) is 0 Å². The summed E-state index contributed by atoms with van der Waals surface area (Å²) in [6.45, 7) is 3.89. The van der Waals surface area contributed by atoms with Crippen LogP contribution in [0.3, 0.4) is 0 Å². The van der Waals surface area contributed by atoms with Gasteiger partial charge in [-0.1, -0.05) is 17.4 Å². The zero-order valence-electron chi connectivity index (χ0n) is 11.7. The van der Waals surface area contributed by atoms with Gasteiger partial charge < -0.3 is 4.42 Å². The van der Waals surface area contributed by atoms with Gasteiger partial charge in [0.2, 0.25) is 5.91 Å². The van der Waals surface area contributed by atoms with E-state index in [2.05, 4.69) is 16.4 Å². The fourth-order valence-corrected chi connectivity index (χ4v) is 2.90. The van der Waals surface area contributed by atoms with E-state index in [0.717, 1.165) is 16.0 Å². The number of furan rings is 1. The number of anilines is 1. The molecule has 4 nitrogen and oxygen atoms in total. The molecule has 2 aromatic heterocycles. The molecule has 0 saturated carbocycles. The maximum absolute atomic E-state index is 11.9. The van der Waals surface area contributed by atoms with Gasteiger partial charge >= 0.3 is 0 Å². The number of carbonyl (C=O) groups is 1. The molecule has 21 heavy (non-hydrogen) atoms. The summed E-state index contributed by atoms with van der Waals surface area (Å²) in [6.07, 6.45) is 3.08. The zero-order valence-corrected chi connectivity index (χ0v) is 12.5. The molecule has 0 bridgehead atoms. The largest absolute Gasteiger partial charge is 0.462 e. The first-order valence-electron chi connectivity index (χ1n) is 6.53. The maximum atomic E-state index is 11.9. The van der Waals surface area contributed by atoms with Crippen molar-refractivity contribution in [2.24, 2.45) is 0 Å². The van der Waals surface area contributed by atoms with Gasteiger partial charge in [0.1, 0.15) is 11.5 Å². The molecule has 5 heteroatoms. The number of carbonyl (C=O) groups excluding carboxylic acids is 1. The van der Waals surface area contributed by atoms with E-state index in [1.165, 1.54) is 23.0 Å². The molecule has 106 valence electrons. The highest BCUT2D eigenvalue weighted by atomic mass is 32.1. The van der Waals surface area contributed by atoms with Gasteiger partial charge in [0, 0.05) is 6.08 Å². The minimum atomic E-state index is -0.222. The lowest BCUT2D eigenvalue weighted by atomic mass is 10.2. The first-order valence-corrected chi connectivity index (χ1v) is 7.34. The summed E-state index contributed by atoms with van der Waals surface area (Å²) >= 11 is 1.47. The molecule has 0 aliphatic rings. The van der Waals surface area contributed by atoms with Gasteiger partial charge in [-0.2, -0.15) is 0 Å². The van der Waals surface area contributed by atoms with Crippen molar-refractivity contribution in [1.82, 2.24) is 4.98 Å². The van der Waals surface area contributed by atoms with Gasteiger partial charge in [-0.25, -0.2) is 4.98 Å². The van der Waals surface area contributed by atoms with Crippen LogP contribution < -0.4 is 5.32 Å². The number of nitrogens with zero attached hydrogens (tertiary/aromatic N) is 1. The van der Waals surface area contributed by atoms with Gasteiger partial charge in [0.05, 0.1) is 10.2 Å². The predicted octanol–water partition coefficient (Wildman–Crippen LogP) is 4.16. The highest BCUT2D eigenvalue weighted by Gasteiger charge is 2.06. The van der Waals surface area contributed by atoms with E-state index < -0.39 is 0 Å². The normalized spacial score (nSPS) is 11.3. The summed E-state index contributed by atoms with van der Waals surface area (Å²) in [5.41, 5.74) is 2.07. The zero-order chi connectivity index (χ0) is 14.8. The first-order chi connectivity index (χ1) is 10.1. The maximum Gasteiger partial charge on any atom is 0.250 e. The minimum absolute atomic E-state index is 0.222. The molecule has 0 aliphatic carbocycles. The Morgan fingerprint density at radius 2 is 2.14 bits per heavy atom. The Kier molecular flexibility index (Phi) is 3.58. The third-order valence-corrected chi connectivity index (χ3v) is 3.87. The molecule has 0 spiro atoms. The van der Waals surface area contributed by atoms with Crippen LogP contribution in [0.1, 0.15) is 17.1 Å². The van der Waals surface area contributed by atoms with Crippen LogP contribution in [0.15, 0.2) is 40.8 Å². The smallest absolute Gasteiger partial charge is 0.250 e. The van der Waals surface area contributed by atoms with E-state index in [-0.39, 0.29) is 5.91 Å². The Bertz CT molecular complexity index is 830. The second-order valence-electron chi connectivity index (χ2n) is 4.76. The van der Waals surface area contributed by atoms with Crippen molar-refractivity contribution >= 4 is 38.7 Å². The van der Waals surface area contributed by atoms with Crippen molar-refractivity contribution < 1.29 is 9.21 Å². The van der Waals surface area contributed by atoms with Crippen LogP contribution >= 0.6 is 11.3 Å². The van der Waals surface area contributed by atoms with E-state index >= 15 is 0 Å². The molecule has 1 aromatic carbocycles. The molecule has 2 heterocycles. The van der Waals surface area contributed by atoms with Gasteiger partial charge in [-0.15, -0.1) is 0 Å². The Morgan fingerprint density at radius 3 is 2.90 bits per heavy atom. The summed E-state index contributed by atoms with van der Waals surface area (Å²) in [5, 5.41) is 3.37. The van der Waals surface area contributed by atoms with Gasteiger partial charge in [-0.05, 0) is 49.8 Å². The van der Waals surface area contributed by atoms with Crippen molar-refractivity contribution in [3.63, 3.8) is 0 Å². The number of benzene rings is 1. The van der Waals surface area contributed by atoms with Crippen LogP contribution in [-0.4, -0.2) is 10.9 Å². The summed E-state index contributed by atoms with van der Waals surface area (Å²) in [5.74, 6) is 1.25. The lowest BCUT2D eigenvalue weighted by Crippen LogP contribution is -2.07. The van der Waals surface area contributed by atoms with Crippen LogP contribution in [0.5, 0.6) is 0 Å². The third-order valence-electron chi connectivity index (χ3n) is 2.93. The molecular weight excluding hydrogens is 284 g/mol. The third kappa shape index (κ3) is 3.20. The van der Waals surface area contributed by atoms with Crippen LogP contribution in [0, 0.1) is 13.8 Å². The fraction of sp³-hybridized carbons (Fsp3) is 0.125. The van der Waals surface area contributed by atoms with Crippen molar-refractivity contribution in [3.05, 3.63) is 53.5 Å². The molecular formula is C16H14N2O2S. The highest BCUT2D eigenvalue weighted by Crippen LogP contribution is 2.26. The average Bonchev–Trinajstić information content (AvgIpc) is 3.01. The van der Waals surface area contributed by atoms with Crippen LogP contribution in [0.25, 0.3) is 16.3 Å². The average molecular weight is 298 g/mol. The number of amides is 1. The van der Waals surface area contributed by atoms with Crippen molar-refractivity contribution in [1.29, 1.82) is 0 Å². The molecule has 1 N–H and O–H groups in total. The molecule has 3 aromatic rings. The van der Waals surface area contributed by atoms with Crippen molar-refractivity contribution in [3.8, 4) is 0 Å². The van der Waals surface area contributed by atoms with Crippen LogP contribution in [0.2, 0.25) is 0 Å². The first kappa shape index (κ1) is 13.6. The van der Waals surface area contributed by atoms with Gasteiger partial charge in [0.15, 0.2) is 5.13 Å². The van der Waals surface area contributed by atoms with E-state index in [1.54, 1.807) is 6.08 Å². The molecule has 1 amide bonds. The van der Waals surface area contributed by atoms with E-state index in [1.807, 2.05) is 38.1 Å². The summed E-state index contributed by atoms with van der Waals surface area (Å²) in [7, 11) is 0. The summed E-state index contributed by atoms with van der Waals surface area (Å²) in [6, 6.07) is 9.70. The highest BCUT2D eigenvalue weighted by molar-refractivity contribution is 7.22. The number of hydrogen-bond donors (Lipinski definition) is 1. The lowest BCUT2D eigenvalue weighted by molar-refractivity contribution is -0.111. The second-order valence-corrected chi connectivity index (χ2v) is 5.79. The summed E-state index contributed by atoms with van der Waals surface area (Å²) < 4.78 is 6.43. The number of hydrogen-bond acceptors (Lipinski definition) is 4. The van der Waals surface area contributed by atoms with E-state index in [9.17, 15) is 4.79 Å². The number of nitrogens with one attached hydrogen (secondary N) is 1. The van der Waals surface area contributed by atoms with Crippen molar-refractivity contribution in [2.75, 3.05) is 5.32 Å². The quantitative estimate of drug-likeness (QED) is 0.739. The van der Waals surface area contributed by atoms with E-state index in [4.69, 9.17) is 4.42 Å². The monoisotopic (exact) mass is 298 g/mol. The fourth-order valence-electron chi connectivity index (χ4n) is 1.93. The topological polar surface area (TPSA) is 55.1 Å². The second kappa shape index (κ2) is 5.54. The van der Waals surface area contributed by atoms with Crippen LogP contribution in [-0.2, 0) is 4.79 Å². The standard InChI is InChI=1S/C16H14N2O2S/c1-10-3-7-13-14(9-10)21-16(17-13)18-15(19)8-6-12-5-4-11(2)20-12/h3-9H,1-2H3,(H,17,18,19). The van der Waals surface area contributed by atoms with Gasteiger partial charge in [-0.3, -0.25) is 10.1 Å². The predicted molar refractivity (Wildman–Crippen MR) is 85.5 cm³/mol.